The van der Waals surface area contributed by atoms with Crippen molar-refractivity contribution < 1.29 is 0 Å². The maximum absolute atomic E-state index is 2.48. The molecule has 1 heteroatoms. The lowest BCUT2D eigenvalue weighted by molar-refractivity contribution is 0.520. The first-order valence-corrected chi connectivity index (χ1v) is 15.9. The normalized spacial score (nSPS) is 18.6. The zero-order valence-corrected chi connectivity index (χ0v) is 24.1. The summed E-state index contributed by atoms with van der Waals surface area (Å²) in [6.45, 7) is 9.46. The minimum Gasteiger partial charge on any atom is -0.0658 e. The van der Waals surface area contributed by atoms with Crippen LogP contribution < -0.4 is 5.19 Å². The average Bonchev–Trinajstić information content (AvgIpc) is 3.02. The van der Waals surface area contributed by atoms with Crippen LogP contribution in [0.3, 0.4) is 0 Å². The Hall–Kier alpha value is -1.08. The van der Waals surface area contributed by atoms with E-state index in [1.807, 2.05) is 0 Å². The van der Waals surface area contributed by atoms with Gasteiger partial charge < -0.3 is 0 Å². The van der Waals surface area contributed by atoms with E-state index in [-0.39, 0.29) is 9.52 Å². The summed E-state index contributed by atoms with van der Waals surface area (Å²) in [5, 5.41) is 2.03. The third-order valence-corrected chi connectivity index (χ3v) is 11.2. The van der Waals surface area contributed by atoms with Crippen LogP contribution in [0.4, 0.5) is 0 Å². The van der Waals surface area contributed by atoms with E-state index in [2.05, 4.69) is 64.1 Å². The van der Waals surface area contributed by atoms with E-state index in [4.69, 9.17) is 0 Å². The Morgan fingerprint density at radius 2 is 1.06 bits per heavy atom. The maximum Gasteiger partial charge on any atom is 0.0709 e. The molecule has 0 fully saturated rings. The minimum absolute atomic E-state index is 0.361. The molecule has 0 bridgehead atoms. The van der Waals surface area contributed by atoms with Gasteiger partial charge in [0.1, 0.15) is 0 Å². The van der Waals surface area contributed by atoms with Gasteiger partial charge in [-0.15, -0.1) is 0 Å². The van der Waals surface area contributed by atoms with Gasteiger partial charge in [0.25, 0.3) is 0 Å². The van der Waals surface area contributed by atoms with Crippen molar-refractivity contribution in [2.75, 3.05) is 0 Å². The molecule has 0 aliphatic heterocycles. The highest BCUT2D eigenvalue weighted by Crippen LogP contribution is 2.52. The highest BCUT2D eigenvalue weighted by Gasteiger charge is 2.37. The Balaban J connectivity index is 1.55. The largest absolute Gasteiger partial charge is 0.0709 e. The zero-order chi connectivity index (χ0) is 23.8. The van der Waals surface area contributed by atoms with E-state index in [0.717, 1.165) is 0 Å². The standard InChI is InChI=1S/C32H54Si/c1-5-6-7-8-9-10-11-12-13-14-15-16-17-18-19-23-26-32(29(3)27-28(2)30(32)4)33-31-24-21-20-22-25-31/h20-22,24-25,27H,5-19,23,26,33H2,1-4H3. The average molecular weight is 467 g/mol. The number of hydrogen-bond donors (Lipinski definition) is 0. The minimum atomic E-state index is -0.361. The number of rotatable bonds is 19. The molecular weight excluding hydrogens is 412 g/mol. The van der Waals surface area contributed by atoms with E-state index < -0.39 is 0 Å². The summed E-state index contributed by atoms with van der Waals surface area (Å²) in [6.07, 6.45) is 27.0. The Bertz CT molecular complexity index is 698. The van der Waals surface area contributed by atoms with Crippen LogP contribution in [0.5, 0.6) is 0 Å². The van der Waals surface area contributed by atoms with Crippen LogP contribution in [-0.2, 0) is 0 Å². The Labute approximate surface area is 209 Å². The van der Waals surface area contributed by atoms with Gasteiger partial charge in [0, 0.05) is 5.04 Å². The van der Waals surface area contributed by atoms with Crippen molar-refractivity contribution in [2.24, 2.45) is 0 Å². The van der Waals surface area contributed by atoms with Crippen molar-refractivity contribution in [3.63, 3.8) is 0 Å². The molecular formula is C32H54Si. The molecule has 186 valence electrons. The molecule has 0 saturated carbocycles. The first kappa shape index (κ1) is 28.2. The van der Waals surface area contributed by atoms with E-state index in [1.165, 1.54) is 115 Å². The maximum atomic E-state index is 2.48. The molecule has 1 aliphatic rings. The molecule has 1 aliphatic carbocycles. The second-order valence-electron chi connectivity index (χ2n) is 10.9. The molecule has 0 heterocycles. The monoisotopic (exact) mass is 466 g/mol. The van der Waals surface area contributed by atoms with Crippen molar-refractivity contribution in [3.05, 3.63) is 53.1 Å². The lowest BCUT2D eigenvalue weighted by Gasteiger charge is -2.34. The number of hydrogen-bond acceptors (Lipinski definition) is 0. The predicted octanol–water partition coefficient (Wildman–Crippen LogP) is 9.59. The summed E-state index contributed by atoms with van der Waals surface area (Å²) < 4.78 is 0. The van der Waals surface area contributed by atoms with Crippen molar-refractivity contribution in [3.8, 4) is 0 Å². The van der Waals surface area contributed by atoms with Crippen molar-refractivity contribution in [1.82, 2.24) is 0 Å². The highest BCUT2D eigenvalue weighted by atomic mass is 28.2. The summed E-state index contributed by atoms with van der Waals surface area (Å²) in [5.41, 5.74) is 4.86. The third-order valence-electron chi connectivity index (χ3n) is 8.30. The topological polar surface area (TPSA) is 0 Å². The first-order chi connectivity index (χ1) is 16.1. The van der Waals surface area contributed by atoms with Gasteiger partial charge in [-0.25, -0.2) is 0 Å². The zero-order valence-electron chi connectivity index (χ0n) is 22.7. The number of unbranched alkanes of at least 4 members (excludes halogenated alkanes) is 15. The molecule has 0 N–H and O–H groups in total. The Kier molecular flexibility index (Phi) is 14.1. The van der Waals surface area contributed by atoms with Gasteiger partial charge in [-0.1, -0.05) is 168 Å². The highest BCUT2D eigenvalue weighted by molar-refractivity contribution is 6.58. The molecule has 1 aromatic carbocycles. The third kappa shape index (κ3) is 9.97. The molecule has 1 unspecified atom stereocenters. The fraction of sp³-hybridized carbons (Fsp3) is 0.688. The smallest absolute Gasteiger partial charge is 0.0658 e. The summed E-state index contributed by atoms with van der Waals surface area (Å²) in [7, 11) is -0.361. The Morgan fingerprint density at radius 3 is 1.48 bits per heavy atom. The second kappa shape index (κ2) is 16.5. The second-order valence-corrected chi connectivity index (χ2v) is 13.3. The van der Waals surface area contributed by atoms with Gasteiger partial charge in [0.2, 0.25) is 0 Å². The fourth-order valence-electron chi connectivity index (χ4n) is 5.91. The van der Waals surface area contributed by atoms with Gasteiger partial charge >= 0.3 is 0 Å². The predicted molar refractivity (Wildman–Crippen MR) is 154 cm³/mol. The quantitative estimate of drug-likeness (QED) is 0.141. The summed E-state index contributed by atoms with van der Waals surface area (Å²) in [5.74, 6) is 0. The molecule has 33 heavy (non-hydrogen) atoms. The molecule has 0 saturated heterocycles. The van der Waals surface area contributed by atoms with E-state index in [9.17, 15) is 0 Å². The lowest BCUT2D eigenvalue weighted by Crippen LogP contribution is -2.31. The van der Waals surface area contributed by atoms with Crippen molar-refractivity contribution >= 4 is 14.7 Å². The Morgan fingerprint density at radius 1 is 0.606 bits per heavy atom. The van der Waals surface area contributed by atoms with Gasteiger partial charge in [0.05, 0.1) is 9.52 Å². The molecule has 0 radical (unpaired) electrons. The molecule has 1 atom stereocenters. The number of benzene rings is 1. The molecule has 0 spiro atoms. The SMILES string of the molecule is CCCCCCCCCCCCCCCCCCC1([SiH2]c2ccccc2)C(C)=CC(C)=C1C. The molecule has 0 nitrogen and oxygen atoms in total. The van der Waals surface area contributed by atoms with Crippen LogP contribution in [0.2, 0.25) is 5.04 Å². The van der Waals surface area contributed by atoms with Gasteiger partial charge in [0.15, 0.2) is 0 Å². The van der Waals surface area contributed by atoms with Crippen molar-refractivity contribution in [1.29, 1.82) is 0 Å². The molecule has 0 amide bonds. The van der Waals surface area contributed by atoms with E-state index in [1.54, 1.807) is 16.3 Å². The van der Waals surface area contributed by atoms with Crippen LogP contribution >= 0.6 is 0 Å². The van der Waals surface area contributed by atoms with Crippen LogP contribution in [0.1, 0.15) is 137 Å². The lowest BCUT2D eigenvalue weighted by atomic mass is 9.89. The van der Waals surface area contributed by atoms with Gasteiger partial charge in [-0.05, 0) is 27.2 Å². The van der Waals surface area contributed by atoms with E-state index in [0.29, 0.717) is 5.04 Å². The van der Waals surface area contributed by atoms with Gasteiger partial charge in [-0.3, -0.25) is 0 Å². The fourth-order valence-corrected chi connectivity index (χ4v) is 8.47. The first-order valence-electron chi connectivity index (χ1n) is 14.5. The summed E-state index contributed by atoms with van der Waals surface area (Å²) in [4.78, 5) is 0. The summed E-state index contributed by atoms with van der Waals surface area (Å²) in [6, 6.07) is 11.4. The van der Waals surface area contributed by atoms with Crippen LogP contribution in [0.25, 0.3) is 0 Å². The van der Waals surface area contributed by atoms with Crippen LogP contribution in [-0.4, -0.2) is 9.52 Å². The molecule has 1 aromatic rings. The van der Waals surface area contributed by atoms with Crippen molar-refractivity contribution in [2.45, 2.75) is 142 Å². The number of allylic oxidation sites excluding steroid dienone is 4. The van der Waals surface area contributed by atoms with Crippen LogP contribution in [0, 0.1) is 0 Å². The van der Waals surface area contributed by atoms with Crippen LogP contribution in [0.15, 0.2) is 53.1 Å². The van der Waals surface area contributed by atoms with Gasteiger partial charge in [-0.2, -0.15) is 0 Å². The van der Waals surface area contributed by atoms with E-state index >= 15 is 0 Å². The molecule has 2 rings (SSSR count). The summed E-state index contributed by atoms with van der Waals surface area (Å²) >= 11 is 0. The molecule has 0 aromatic heterocycles.